The van der Waals surface area contributed by atoms with Crippen LogP contribution in [-0.2, 0) is 0 Å². The van der Waals surface area contributed by atoms with Crippen LogP contribution in [0.2, 0.25) is 0 Å². The second-order valence-electron chi connectivity index (χ2n) is 4.74. The molecular weight excluding hydrogens is 250 g/mol. The van der Waals surface area contributed by atoms with Gasteiger partial charge in [-0.3, -0.25) is 0 Å². The maximum atomic E-state index is 5.59. The number of furan rings is 1. The molecule has 0 amide bonds. The summed E-state index contributed by atoms with van der Waals surface area (Å²) in [5, 5.41) is 7.71. The molecule has 3 rings (SSSR count). The smallest absolute Gasteiger partial charge is 0.128 e. The van der Waals surface area contributed by atoms with Crippen LogP contribution in [0.25, 0.3) is 5.69 Å². The first-order chi connectivity index (χ1) is 9.79. The second kappa shape index (κ2) is 5.35. The minimum atomic E-state index is 0.0162. The third-order valence-electron chi connectivity index (χ3n) is 3.41. The molecule has 2 heterocycles. The highest BCUT2D eigenvalue weighted by molar-refractivity contribution is 5.33. The summed E-state index contributed by atoms with van der Waals surface area (Å²) in [6.07, 6.45) is 5.62. The van der Waals surface area contributed by atoms with Gasteiger partial charge in [0.15, 0.2) is 0 Å². The first-order valence-corrected chi connectivity index (χ1v) is 6.61. The molecule has 0 aliphatic carbocycles. The molecule has 3 aromatic rings. The third kappa shape index (κ3) is 2.26. The maximum absolute atomic E-state index is 5.59. The number of nitrogens with one attached hydrogen (secondary N) is 1. The first-order valence-electron chi connectivity index (χ1n) is 6.61. The Bertz CT molecular complexity index is 685. The van der Waals surface area contributed by atoms with E-state index < -0.39 is 0 Å². The lowest BCUT2D eigenvalue weighted by molar-refractivity contribution is 0.460. The van der Waals surface area contributed by atoms with Gasteiger partial charge in [-0.25, -0.2) is 4.68 Å². The van der Waals surface area contributed by atoms with Gasteiger partial charge in [0, 0.05) is 11.8 Å². The van der Waals surface area contributed by atoms with Crippen molar-refractivity contribution >= 4 is 0 Å². The van der Waals surface area contributed by atoms with Gasteiger partial charge < -0.3 is 9.73 Å². The van der Waals surface area contributed by atoms with E-state index in [-0.39, 0.29) is 6.04 Å². The predicted molar refractivity (Wildman–Crippen MR) is 77.9 cm³/mol. The first kappa shape index (κ1) is 12.7. The molecule has 1 N–H and O–H groups in total. The van der Waals surface area contributed by atoms with E-state index >= 15 is 0 Å². The van der Waals surface area contributed by atoms with E-state index in [4.69, 9.17) is 4.42 Å². The molecule has 0 saturated carbocycles. The van der Waals surface area contributed by atoms with Crippen LogP contribution in [0.5, 0.6) is 0 Å². The monoisotopic (exact) mass is 267 g/mol. The summed E-state index contributed by atoms with van der Waals surface area (Å²) in [7, 11) is 1.92. The molecule has 0 aliphatic heterocycles. The van der Waals surface area contributed by atoms with Gasteiger partial charge in [0.05, 0.1) is 24.2 Å². The van der Waals surface area contributed by atoms with Crippen molar-refractivity contribution < 1.29 is 4.42 Å². The van der Waals surface area contributed by atoms with Crippen LogP contribution >= 0.6 is 0 Å². The van der Waals surface area contributed by atoms with Gasteiger partial charge in [-0.05, 0) is 37.7 Å². The van der Waals surface area contributed by atoms with E-state index in [1.54, 1.807) is 6.26 Å². The van der Waals surface area contributed by atoms with Gasteiger partial charge in [-0.1, -0.05) is 18.2 Å². The maximum Gasteiger partial charge on any atom is 0.128 e. The van der Waals surface area contributed by atoms with E-state index in [0.29, 0.717) is 0 Å². The van der Waals surface area contributed by atoms with Crippen LogP contribution in [-0.4, -0.2) is 16.8 Å². The molecule has 0 aliphatic rings. The lowest BCUT2D eigenvalue weighted by Gasteiger charge is -2.12. The number of aromatic nitrogens is 2. The van der Waals surface area contributed by atoms with Gasteiger partial charge in [0.25, 0.3) is 0 Å². The van der Waals surface area contributed by atoms with Crippen molar-refractivity contribution in [2.45, 2.75) is 13.0 Å². The zero-order chi connectivity index (χ0) is 13.9. The number of hydrogen-bond donors (Lipinski definition) is 1. The minimum absolute atomic E-state index is 0.0162. The lowest BCUT2D eigenvalue weighted by atomic mass is 10.1. The molecule has 0 bridgehead atoms. The molecule has 0 spiro atoms. The Hall–Kier alpha value is -2.33. The lowest BCUT2D eigenvalue weighted by Crippen LogP contribution is -2.17. The van der Waals surface area contributed by atoms with E-state index in [2.05, 4.69) is 10.4 Å². The Morgan fingerprint density at radius 2 is 2.00 bits per heavy atom. The Kier molecular flexibility index (Phi) is 3.39. The Balaban J connectivity index is 1.95. The van der Waals surface area contributed by atoms with Crippen LogP contribution in [0.4, 0.5) is 0 Å². The Morgan fingerprint density at radius 3 is 2.65 bits per heavy atom. The number of hydrogen-bond acceptors (Lipinski definition) is 3. The molecule has 20 heavy (non-hydrogen) atoms. The fourth-order valence-electron chi connectivity index (χ4n) is 2.34. The normalized spacial score (nSPS) is 12.5. The fourth-order valence-corrected chi connectivity index (χ4v) is 2.34. The molecular formula is C16H17N3O. The predicted octanol–water partition coefficient (Wildman–Crippen LogP) is 3.08. The number of nitrogens with zero attached hydrogens (tertiary/aromatic N) is 2. The third-order valence-corrected chi connectivity index (χ3v) is 3.41. The molecule has 102 valence electrons. The number of para-hydroxylation sites is 1. The van der Waals surface area contributed by atoms with Gasteiger partial charge in [-0.15, -0.1) is 0 Å². The fraction of sp³-hybridized carbons (Fsp3) is 0.188. The Labute approximate surface area is 118 Å². The van der Waals surface area contributed by atoms with Crippen molar-refractivity contribution in [1.82, 2.24) is 15.1 Å². The largest absolute Gasteiger partial charge is 0.467 e. The van der Waals surface area contributed by atoms with E-state index in [9.17, 15) is 0 Å². The molecule has 2 aromatic heterocycles. The summed E-state index contributed by atoms with van der Waals surface area (Å²) in [4.78, 5) is 0. The molecule has 0 radical (unpaired) electrons. The standard InChI is InChI=1S/C16H17N3O/c1-12-8-9-20-16(12)15(17-2)13-10-18-19(11-13)14-6-4-3-5-7-14/h3-11,15,17H,1-2H3. The van der Waals surface area contributed by atoms with Gasteiger partial charge in [0.1, 0.15) is 5.76 Å². The highest BCUT2D eigenvalue weighted by Crippen LogP contribution is 2.25. The molecule has 4 heteroatoms. The van der Waals surface area contributed by atoms with Crippen LogP contribution in [0.3, 0.4) is 0 Å². The summed E-state index contributed by atoms with van der Waals surface area (Å²) < 4.78 is 7.46. The van der Waals surface area contributed by atoms with Crippen molar-refractivity contribution in [3.63, 3.8) is 0 Å². The van der Waals surface area contributed by atoms with Crippen molar-refractivity contribution in [2.24, 2.45) is 0 Å². The summed E-state index contributed by atoms with van der Waals surface area (Å²) in [6.45, 7) is 2.05. The molecule has 1 atom stereocenters. The zero-order valence-corrected chi connectivity index (χ0v) is 11.6. The van der Waals surface area contributed by atoms with Crippen LogP contribution in [0.15, 0.2) is 59.5 Å². The topological polar surface area (TPSA) is 43.0 Å². The van der Waals surface area contributed by atoms with Gasteiger partial charge in [-0.2, -0.15) is 5.10 Å². The van der Waals surface area contributed by atoms with Crippen molar-refractivity contribution in [3.05, 3.63) is 71.9 Å². The van der Waals surface area contributed by atoms with Gasteiger partial charge in [0.2, 0.25) is 0 Å². The summed E-state index contributed by atoms with van der Waals surface area (Å²) >= 11 is 0. The highest BCUT2D eigenvalue weighted by atomic mass is 16.3. The van der Waals surface area contributed by atoms with Crippen LogP contribution < -0.4 is 5.32 Å². The molecule has 0 fully saturated rings. The highest BCUT2D eigenvalue weighted by Gasteiger charge is 2.19. The molecule has 4 nitrogen and oxygen atoms in total. The number of benzene rings is 1. The van der Waals surface area contributed by atoms with E-state index in [1.807, 2.05) is 67.4 Å². The molecule has 1 aromatic carbocycles. The quantitative estimate of drug-likeness (QED) is 0.790. The molecule has 1 unspecified atom stereocenters. The zero-order valence-electron chi connectivity index (χ0n) is 11.6. The molecule has 0 saturated heterocycles. The van der Waals surface area contributed by atoms with Crippen LogP contribution in [0.1, 0.15) is 22.9 Å². The average Bonchev–Trinajstić information content (AvgIpc) is 3.12. The minimum Gasteiger partial charge on any atom is -0.467 e. The van der Waals surface area contributed by atoms with Crippen molar-refractivity contribution in [1.29, 1.82) is 0 Å². The number of aryl methyl sites for hydroxylation is 1. The number of rotatable bonds is 4. The SMILES string of the molecule is CNC(c1cnn(-c2ccccc2)c1)c1occc1C. The summed E-state index contributed by atoms with van der Waals surface area (Å²) in [5.74, 6) is 0.931. The second-order valence-corrected chi connectivity index (χ2v) is 4.74. The summed E-state index contributed by atoms with van der Waals surface area (Å²) in [6, 6.07) is 12.1. The Morgan fingerprint density at radius 1 is 1.20 bits per heavy atom. The average molecular weight is 267 g/mol. The van der Waals surface area contributed by atoms with Crippen molar-refractivity contribution in [2.75, 3.05) is 7.05 Å². The summed E-state index contributed by atoms with van der Waals surface area (Å²) in [5.41, 5.74) is 3.26. The van der Waals surface area contributed by atoms with Crippen molar-refractivity contribution in [3.8, 4) is 5.69 Å². The van der Waals surface area contributed by atoms with Crippen LogP contribution in [0, 0.1) is 6.92 Å². The van der Waals surface area contributed by atoms with E-state index in [1.165, 1.54) is 0 Å². The van der Waals surface area contributed by atoms with E-state index in [0.717, 1.165) is 22.6 Å². The van der Waals surface area contributed by atoms with Gasteiger partial charge >= 0.3 is 0 Å².